The van der Waals surface area contributed by atoms with Crippen LogP contribution < -0.4 is 15.0 Å². The number of ether oxygens (including phenoxy) is 2. The molecule has 0 saturated carbocycles. The highest BCUT2D eigenvalue weighted by Gasteiger charge is 2.48. The number of fused-ring (bicyclic) bond motifs is 1. The van der Waals surface area contributed by atoms with Crippen LogP contribution in [0.3, 0.4) is 0 Å². The van der Waals surface area contributed by atoms with E-state index in [0.717, 1.165) is 25.9 Å². The molecule has 1 saturated heterocycles. The Balaban J connectivity index is 1.52. The van der Waals surface area contributed by atoms with Gasteiger partial charge in [-0.1, -0.05) is 32.4 Å². The van der Waals surface area contributed by atoms with Crippen LogP contribution in [0.4, 0.5) is 22.1 Å². The molecule has 0 aliphatic carbocycles. The van der Waals surface area contributed by atoms with E-state index in [2.05, 4.69) is 62.2 Å². The van der Waals surface area contributed by atoms with Gasteiger partial charge in [0.15, 0.2) is 8.32 Å². The van der Waals surface area contributed by atoms with Gasteiger partial charge in [0.2, 0.25) is 5.95 Å². The Morgan fingerprint density at radius 3 is 2.58 bits per heavy atom. The number of carbonyl (C=O) groups is 1. The van der Waals surface area contributed by atoms with Gasteiger partial charge in [0, 0.05) is 23.3 Å². The Morgan fingerprint density at radius 2 is 1.92 bits per heavy atom. The number of nitrogens with zero attached hydrogens (tertiary/aromatic N) is 5. The maximum Gasteiger partial charge on any atom is 0.414 e. The van der Waals surface area contributed by atoms with Crippen LogP contribution in [-0.2, 0) is 13.9 Å². The number of aromatic nitrogens is 2. The zero-order valence-electron chi connectivity index (χ0n) is 30.6. The summed E-state index contributed by atoms with van der Waals surface area (Å²) in [6.45, 7) is 18.7. The summed E-state index contributed by atoms with van der Waals surface area (Å²) in [4.78, 5) is 26.7. The summed E-state index contributed by atoms with van der Waals surface area (Å²) >= 11 is 11.6. The Morgan fingerprint density at radius 1 is 1.18 bits per heavy atom. The number of benzene rings is 2. The van der Waals surface area contributed by atoms with Gasteiger partial charge in [-0.2, -0.15) is 17.9 Å². The van der Waals surface area contributed by atoms with Gasteiger partial charge in [0.05, 0.1) is 40.5 Å². The average molecular weight is 737 g/mol. The molecular formula is C37H49ClN6O4SSi. The largest absolute Gasteiger partial charge is 0.487 e. The molecule has 3 aromatic rings. The Labute approximate surface area is 308 Å². The molecular weight excluding hydrogens is 688 g/mol. The van der Waals surface area contributed by atoms with E-state index in [1.54, 1.807) is 30.5 Å². The number of halogens is 1. The topological polar surface area (TPSA) is 113 Å². The molecule has 1 amide bonds. The maximum atomic E-state index is 13.6. The first-order chi connectivity index (χ1) is 23.3. The van der Waals surface area contributed by atoms with Crippen molar-refractivity contribution in [1.29, 1.82) is 5.26 Å². The Kier molecular flexibility index (Phi) is 10.9. The number of anilines is 3. The highest BCUT2D eigenvalue weighted by molar-refractivity contribution is 7.81. The van der Waals surface area contributed by atoms with Gasteiger partial charge in [-0.3, -0.25) is 4.90 Å². The molecule has 13 heteroatoms. The van der Waals surface area contributed by atoms with Gasteiger partial charge < -0.3 is 24.1 Å². The van der Waals surface area contributed by atoms with E-state index in [9.17, 15) is 10.1 Å². The molecule has 2 aromatic carbocycles. The molecule has 1 N–H and O–H groups in total. The van der Waals surface area contributed by atoms with Gasteiger partial charge in [-0.25, -0.2) is 14.8 Å². The second-order valence-corrected chi connectivity index (χ2v) is 22.0. The lowest BCUT2D eigenvalue weighted by atomic mass is 9.95. The van der Waals surface area contributed by atoms with Crippen LogP contribution in [-0.4, -0.2) is 74.3 Å². The molecule has 0 bridgehead atoms. The summed E-state index contributed by atoms with van der Waals surface area (Å²) in [5.74, 6) is 1.000. The second-order valence-electron chi connectivity index (χ2n) is 15.9. The average Bonchev–Trinajstić information content (AvgIpc) is 3.33. The fourth-order valence-electron chi connectivity index (χ4n) is 5.85. The first-order valence-corrected chi connectivity index (χ1v) is 20.7. The number of thiol groups is 1. The third-order valence-electron chi connectivity index (χ3n) is 9.53. The van der Waals surface area contributed by atoms with Crippen molar-refractivity contribution in [3.63, 3.8) is 0 Å². The number of nitrogens with one attached hydrogen (secondary N) is 1. The van der Waals surface area contributed by atoms with Crippen LogP contribution in [0.5, 0.6) is 5.75 Å². The van der Waals surface area contributed by atoms with Crippen LogP contribution >= 0.6 is 24.2 Å². The van der Waals surface area contributed by atoms with E-state index in [1.165, 1.54) is 4.90 Å². The van der Waals surface area contributed by atoms with E-state index in [4.69, 9.17) is 43.1 Å². The molecule has 10 nitrogen and oxygen atoms in total. The van der Waals surface area contributed by atoms with Gasteiger partial charge in [-0.05, 0) is 107 Å². The SMILES string of the molecule is CN1CCCC(Oc2ccc(Cl)cc2Nc2nccc(-c3cc(C#N)c4c(c3)C(S)(CO[Si](C)(C)C(C)(C)C)CN4C(=O)OC(C)(C)C)n2)C1. The molecule has 3 heterocycles. The minimum absolute atomic E-state index is 0.0336. The third-order valence-corrected chi connectivity index (χ3v) is 14.8. The molecule has 5 rings (SSSR count). The number of piperidine rings is 1. The quantitative estimate of drug-likeness (QED) is 0.173. The van der Waals surface area contributed by atoms with Crippen LogP contribution in [0.1, 0.15) is 65.5 Å². The molecule has 2 unspecified atom stereocenters. The Bertz CT molecular complexity index is 1790. The van der Waals surface area contributed by atoms with Crippen molar-refractivity contribution < 1.29 is 18.7 Å². The summed E-state index contributed by atoms with van der Waals surface area (Å²) in [5, 5.41) is 14.3. The standard InChI is InChI=1S/C37H49ClN6O4SSi/c1-35(2,3)48-34(45)44-22-37(49,23-46-50(8,9)36(4,5)6)28-18-24(17-25(20-39)32(28)44)29-14-15-40-33(41-29)42-30-19-26(38)12-13-31(30)47-27-11-10-16-43(7)21-27/h12-15,17-19,27,49H,10-11,16,21-23H2,1-9H3,(H,40,41,42). The summed E-state index contributed by atoms with van der Waals surface area (Å²) in [7, 11) is -0.100. The van der Waals surface area contributed by atoms with Gasteiger partial charge in [-0.15, -0.1) is 0 Å². The number of hydrogen-bond acceptors (Lipinski definition) is 10. The van der Waals surface area contributed by atoms with Crippen molar-refractivity contribution in [2.75, 3.05) is 43.5 Å². The monoisotopic (exact) mass is 736 g/mol. The van der Waals surface area contributed by atoms with Crippen molar-refractivity contribution >= 4 is 56.0 Å². The predicted molar refractivity (Wildman–Crippen MR) is 205 cm³/mol. The molecule has 1 aromatic heterocycles. The smallest absolute Gasteiger partial charge is 0.414 e. The predicted octanol–water partition coefficient (Wildman–Crippen LogP) is 8.79. The lowest BCUT2D eigenvalue weighted by Crippen LogP contribution is -2.46. The van der Waals surface area contributed by atoms with Crippen molar-refractivity contribution in [3.8, 4) is 23.1 Å². The number of likely N-dealkylation sites (tertiary alicyclic amines) is 1. The number of carbonyl (C=O) groups excluding carboxylic acids is 1. The molecule has 0 radical (unpaired) electrons. The number of nitriles is 1. The molecule has 2 aliphatic heterocycles. The Hall–Kier alpha value is -3.34. The third kappa shape index (κ3) is 8.57. The summed E-state index contributed by atoms with van der Waals surface area (Å²) in [6.07, 6.45) is 3.21. The number of rotatable bonds is 8. The van der Waals surface area contributed by atoms with Crippen LogP contribution in [0.15, 0.2) is 42.6 Å². The second kappa shape index (κ2) is 14.3. The van der Waals surface area contributed by atoms with E-state index in [-0.39, 0.29) is 24.3 Å². The molecule has 1 fully saturated rings. The molecule has 0 spiro atoms. The number of hydrogen-bond donors (Lipinski definition) is 2. The fraction of sp³-hybridized carbons (Fsp3) is 0.514. The molecule has 268 valence electrons. The van der Waals surface area contributed by atoms with Gasteiger partial charge in [0.1, 0.15) is 23.5 Å². The normalized spacial score (nSPS) is 19.9. The van der Waals surface area contributed by atoms with Crippen molar-refractivity contribution in [3.05, 3.63) is 58.7 Å². The lowest BCUT2D eigenvalue weighted by Gasteiger charge is -2.39. The first-order valence-electron chi connectivity index (χ1n) is 17.0. The maximum absolute atomic E-state index is 13.6. The van der Waals surface area contributed by atoms with Crippen LogP contribution in [0.2, 0.25) is 23.2 Å². The van der Waals surface area contributed by atoms with Crippen molar-refractivity contribution in [2.45, 2.75) is 89.0 Å². The summed E-state index contributed by atoms with van der Waals surface area (Å²) < 4.78 is 18.0. The summed E-state index contributed by atoms with van der Waals surface area (Å²) in [6, 6.07) is 13.3. The van der Waals surface area contributed by atoms with E-state index < -0.39 is 24.8 Å². The van der Waals surface area contributed by atoms with Gasteiger partial charge >= 0.3 is 6.09 Å². The minimum atomic E-state index is -2.20. The van der Waals surface area contributed by atoms with Crippen molar-refractivity contribution in [1.82, 2.24) is 14.9 Å². The fourth-order valence-corrected chi connectivity index (χ4v) is 7.56. The van der Waals surface area contributed by atoms with Crippen LogP contribution in [0.25, 0.3) is 11.3 Å². The molecule has 2 aliphatic rings. The minimum Gasteiger partial charge on any atom is -0.487 e. The molecule has 2 atom stereocenters. The zero-order chi connectivity index (χ0) is 36.6. The van der Waals surface area contributed by atoms with E-state index >= 15 is 0 Å². The van der Waals surface area contributed by atoms with Crippen molar-refractivity contribution in [2.24, 2.45) is 0 Å². The van der Waals surface area contributed by atoms with Crippen LogP contribution in [0, 0.1) is 11.3 Å². The number of amides is 1. The first kappa shape index (κ1) is 37.9. The highest BCUT2D eigenvalue weighted by atomic mass is 35.5. The molecule has 50 heavy (non-hydrogen) atoms. The summed E-state index contributed by atoms with van der Waals surface area (Å²) in [5.41, 5.74) is 2.67. The van der Waals surface area contributed by atoms with E-state index in [0.29, 0.717) is 50.5 Å². The highest BCUT2D eigenvalue weighted by Crippen LogP contribution is 2.49. The number of likely N-dealkylation sites (N-methyl/N-ethyl adjacent to an activating group) is 1. The van der Waals surface area contributed by atoms with Gasteiger partial charge in [0.25, 0.3) is 0 Å². The zero-order valence-corrected chi connectivity index (χ0v) is 33.2. The van der Waals surface area contributed by atoms with E-state index in [1.807, 2.05) is 32.9 Å². The lowest BCUT2D eigenvalue weighted by molar-refractivity contribution is 0.0579.